The van der Waals surface area contributed by atoms with Crippen LogP contribution < -0.4 is 15.5 Å². The fourth-order valence-corrected chi connectivity index (χ4v) is 3.15. The van der Waals surface area contributed by atoms with Crippen molar-refractivity contribution in [2.45, 2.75) is 31.7 Å². The Kier molecular flexibility index (Phi) is 4.50. The number of rotatable bonds is 5. The molecule has 1 aliphatic heterocycles. The van der Waals surface area contributed by atoms with Gasteiger partial charge in [-0.05, 0) is 49.9 Å². The van der Waals surface area contributed by atoms with Crippen molar-refractivity contribution in [1.82, 2.24) is 15.5 Å². The Morgan fingerprint density at radius 3 is 2.36 bits per heavy atom. The monoisotopic (exact) mass is 337 g/mol. The summed E-state index contributed by atoms with van der Waals surface area (Å²) >= 11 is 0. The number of para-hydroxylation sites is 1. The molecule has 2 fully saturated rings. The topological polar surface area (TPSA) is 70.2 Å². The number of carbonyl (C=O) groups excluding carboxylic acids is 1. The number of piperidine rings is 1. The fourth-order valence-electron chi connectivity index (χ4n) is 3.15. The van der Waals surface area contributed by atoms with Crippen molar-refractivity contribution in [1.29, 1.82) is 0 Å². The first kappa shape index (κ1) is 15.9. The highest BCUT2D eigenvalue weighted by atomic mass is 16.2. The molecule has 2 aromatic rings. The number of amides is 1. The Morgan fingerprint density at radius 1 is 0.960 bits per heavy atom. The fraction of sp³-hybridized carbons (Fsp3) is 0.421. The zero-order chi connectivity index (χ0) is 17.1. The average Bonchev–Trinajstić information content (AvgIpc) is 3.47. The van der Waals surface area contributed by atoms with Gasteiger partial charge in [0, 0.05) is 30.7 Å². The summed E-state index contributed by atoms with van der Waals surface area (Å²) in [6.07, 6.45) is 4.04. The quantitative estimate of drug-likeness (QED) is 0.878. The molecule has 1 saturated carbocycles. The molecule has 1 saturated heterocycles. The summed E-state index contributed by atoms with van der Waals surface area (Å²) in [5.74, 6) is 1.98. The summed E-state index contributed by atoms with van der Waals surface area (Å²) in [7, 11) is 0. The second kappa shape index (κ2) is 7.09. The first-order valence-electron chi connectivity index (χ1n) is 8.99. The van der Waals surface area contributed by atoms with Crippen molar-refractivity contribution in [2.75, 3.05) is 23.3 Å². The van der Waals surface area contributed by atoms with Gasteiger partial charge in [-0.25, -0.2) is 0 Å². The average molecular weight is 337 g/mol. The van der Waals surface area contributed by atoms with Gasteiger partial charge in [-0.1, -0.05) is 18.2 Å². The van der Waals surface area contributed by atoms with Gasteiger partial charge in [-0.2, -0.15) is 0 Å². The lowest BCUT2D eigenvalue weighted by Crippen LogP contribution is -2.41. The van der Waals surface area contributed by atoms with Crippen LogP contribution >= 0.6 is 0 Å². The summed E-state index contributed by atoms with van der Waals surface area (Å²) in [6.45, 7) is 1.70. The smallest absolute Gasteiger partial charge is 0.223 e. The number of benzene rings is 1. The number of aromatic nitrogens is 2. The molecule has 2 aliphatic rings. The SMILES string of the molecule is O=C(NC1CC1)C1CCN(c2ccc(Nc3ccccc3)nn2)CC1. The zero-order valence-corrected chi connectivity index (χ0v) is 14.2. The minimum absolute atomic E-state index is 0.142. The molecule has 25 heavy (non-hydrogen) atoms. The molecule has 2 heterocycles. The van der Waals surface area contributed by atoms with E-state index in [9.17, 15) is 4.79 Å². The minimum Gasteiger partial charge on any atom is -0.355 e. The maximum absolute atomic E-state index is 12.1. The van der Waals surface area contributed by atoms with Gasteiger partial charge >= 0.3 is 0 Å². The molecular formula is C19H23N5O. The summed E-state index contributed by atoms with van der Waals surface area (Å²) in [4.78, 5) is 14.4. The molecule has 0 unspecified atom stereocenters. The van der Waals surface area contributed by atoms with Crippen molar-refractivity contribution in [3.63, 3.8) is 0 Å². The predicted octanol–water partition coefficient (Wildman–Crippen LogP) is 2.72. The molecule has 1 amide bonds. The molecule has 1 aromatic carbocycles. The number of hydrogen-bond donors (Lipinski definition) is 2. The molecule has 0 spiro atoms. The number of nitrogens with zero attached hydrogens (tertiary/aromatic N) is 3. The largest absolute Gasteiger partial charge is 0.355 e. The van der Waals surface area contributed by atoms with Crippen LogP contribution in [0.2, 0.25) is 0 Å². The lowest BCUT2D eigenvalue weighted by atomic mass is 9.96. The van der Waals surface area contributed by atoms with Gasteiger partial charge in [0.1, 0.15) is 0 Å². The summed E-state index contributed by atoms with van der Waals surface area (Å²) < 4.78 is 0. The molecule has 6 nitrogen and oxygen atoms in total. The van der Waals surface area contributed by atoms with Crippen LogP contribution in [0.5, 0.6) is 0 Å². The molecule has 4 rings (SSSR count). The van der Waals surface area contributed by atoms with E-state index in [1.165, 1.54) is 0 Å². The van der Waals surface area contributed by atoms with E-state index in [-0.39, 0.29) is 11.8 Å². The van der Waals surface area contributed by atoms with E-state index in [4.69, 9.17) is 0 Å². The maximum atomic E-state index is 12.1. The van der Waals surface area contributed by atoms with Gasteiger partial charge in [-0.15, -0.1) is 10.2 Å². The highest BCUT2D eigenvalue weighted by Crippen LogP contribution is 2.25. The number of nitrogens with one attached hydrogen (secondary N) is 2. The van der Waals surface area contributed by atoms with Gasteiger partial charge in [0.05, 0.1) is 0 Å². The Morgan fingerprint density at radius 2 is 1.72 bits per heavy atom. The molecule has 6 heteroatoms. The Bertz CT molecular complexity index is 706. The van der Waals surface area contributed by atoms with E-state index >= 15 is 0 Å². The molecule has 1 aliphatic carbocycles. The van der Waals surface area contributed by atoms with Gasteiger partial charge in [-0.3, -0.25) is 4.79 Å². The van der Waals surface area contributed by atoms with E-state index in [0.29, 0.717) is 6.04 Å². The van der Waals surface area contributed by atoms with E-state index in [2.05, 4.69) is 25.7 Å². The van der Waals surface area contributed by atoms with Gasteiger partial charge in [0.25, 0.3) is 0 Å². The summed E-state index contributed by atoms with van der Waals surface area (Å²) in [5.41, 5.74) is 0.993. The number of anilines is 3. The van der Waals surface area contributed by atoms with Crippen molar-refractivity contribution in [3.05, 3.63) is 42.5 Å². The standard InChI is InChI=1S/C19H23N5O/c25-19(21-16-6-7-16)14-10-12-24(13-11-14)18-9-8-17(22-23-18)20-15-4-2-1-3-5-15/h1-5,8-9,14,16H,6-7,10-13H2,(H,20,22)(H,21,25). The van der Waals surface area contributed by atoms with Crippen molar-refractivity contribution in [3.8, 4) is 0 Å². The highest BCUT2D eigenvalue weighted by molar-refractivity contribution is 5.79. The van der Waals surface area contributed by atoms with Crippen LogP contribution in [0.1, 0.15) is 25.7 Å². The third-order valence-corrected chi connectivity index (χ3v) is 4.81. The molecule has 0 radical (unpaired) electrons. The molecule has 2 N–H and O–H groups in total. The summed E-state index contributed by atoms with van der Waals surface area (Å²) in [5, 5.41) is 15.0. The van der Waals surface area contributed by atoms with E-state index in [0.717, 1.165) is 56.1 Å². The predicted molar refractivity (Wildman–Crippen MR) is 97.9 cm³/mol. The van der Waals surface area contributed by atoms with Crippen LogP contribution in [0.25, 0.3) is 0 Å². The Balaban J connectivity index is 1.31. The van der Waals surface area contributed by atoms with Crippen LogP contribution in [0, 0.1) is 5.92 Å². The van der Waals surface area contributed by atoms with Crippen molar-refractivity contribution in [2.24, 2.45) is 5.92 Å². The summed E-state index contributed by atoms with van der Waals surface area (Å²) in [6, 6.07) is 14.3. The van der Waals surface area contributed by atoms with Crippen LogP contribution in [0.4, 0.5) is 17.3 Å². The Labute approximate surface area is 147 Å². The molecular weight excluding hydrogens is 314 g/mol. The lowest BCUT2D eigenvalue weighted by Gasteiger charge is -2.31. The number of hydrogen-bond acceptors (Lipinski definition) is 5. The van der Waals surface area contributed by atoms with Gasteiger partial charge < -0.3 is 15.5 Å². The number of carbonyl (C=O) groups is 1. The second-order valence-electron chi connectivity index (χ2n) is 6.81. The minimum atomic E-state index is 0.142. The lowest BCUT2D eigenvalue weighted by molar-refractivity contribution is -0.125. The molecule has 130 valence electrons. The Hall–Kier alpha value is -2.63. The third-order valence-electron chi connectivity index (χ3n) is 4.81. The third kappa shape index (κ3) is 4.07. The van der Waals surface area contributed by atoms with Crippen LogP contribution in [-0.2, 0) is 4.79 Å². The van der Waals surface area contributed by atoms with E-state index in [1.54, 1.807) is 0 Å². The van der Waals surface area contributed by atoms with Crippen molar-refractivity contribution < 1.29 is 4.79 Å². The van der Waals surface area contributed by atoms with Crippen LogP contribution in [0.15, 0.2) is 42.5 Å². The van der Waals surface area contributed by atoms with Crippen LogP contribution in [-0.4, -0.2) is 35.2 Å². The van der Waals surface area contributed by atoms with Gasteiger partial charge in [0.2, 0.25) is 5.91 Å². The van der Waals surface area contributed by atoms with Crippen molar-refractivity contribution >= 4 is 23.2 Å². The normalized spacial score (nSPS) is 18.0. The first-order chi connectivity index (χ1) is 12.3. The molecule has 0 atom stereocenters. The zero-order valence-electron chi connectivity index (χ0n) is 14.2. The van der Waals surface area contributed by atoms with Crippen LogP contribution in [0.3, 0.4) is 0 Å². The van der Waals surface area contributed by atoms with Gasteiger partial charge in [0.15, 0.2) is 11.6 Å². The highest BCUT2D eigenvalue weighted by Gasteiger charge is 2.30. The second-order valence-corrected chi connectivity index (χ2v) is 6.81. The first-order valence-corrected chi connectivity index (χ1v) is 8.99. The maximum Gasteiger partial charge on any atom is 0.223 e. The molecule has 0 bridgehead atoms. The van der Waals surface area contributed by atoms with E-state index < -0.39 is 0 Å². The van der Waals surface area contributed by atoms with E-state index in [1.807, 2.05) is 42.5 Å². The molecule has 1 aromatic heterocycles.